The van der Waals surface area contributed by atoms with Gasteiger partial charge in [-0.15, -0.1) is 0 Å². The van der Waals surface area contributed by atoms with Gasteiger partial charge in [0, 0.05) is 30.8 Å². The topological polar surface area (TPSA) is 51.1 Å². The van der Waals surface area contributed by atoms with Crippen LogP contribution in [-0.4, -0.2) is 16.5 Å². The number of nitrogens with one attached hydrogen (secondary N) is 1. The molecular weight excluding hydrogens is 288 g/mol. The van der Waals surface area contributed by atoms with Crippen molar-refractivity contribution in [2.24, 2.45) is 11.3 Å². The summed E-state index contributed by atoms with van der Waals surface area (Å²) >= 11 is 0. The van der Waals surface area contributed by atoms with Crippen LogP contribution in [0.2, 0.25) is 0 Å². The first kappa shape index (κ1) is 17.8. The summed E-state index contributed by atoms with van der Waals surface area (Å²) in [7, 11) is 0. The van der Waals surface area contributed by atoms with Gasteiger partial charge < -0.3 is 9.88 Å². The molecule has 0 aliphatic heterocycles. The van der Waals surface area contributed by atoms with Crippen LogP contribution in [0.3, 0.4) is 0 Å². The van der Waals surface area contributed by atoms with Crippen LogP contribution < -0.4 is 10.9 Å². The largest absolute Gasteiger partial charge is 0.353 e. The number of hydrogen-bond acceptors (Lipinski definition) is 2. The van der Waals surface area contributed by atoms with Crippen molar-refractivity contribution < 1.29 is 4.79 Å². The van der Waals surface area contributed by atoms with Crippen molar-refractivity contribution >= 4 is 5.91 Å². The fourth-order valence-electron chi connectivity index (χ4n) is 3.27. The summed E-state index contributed by atoms with van der Waals surface area (Å²) in [5.41, 5.74) is 2.46. The molecule has 0 aromatic carbocycles. The summed E-state index contributed by atoms with van der Waals surface area (Å²) in [4.78, 5) is 24.3. The fourth-order valence-corrected chi connectivity index (χ4v) is 3.27. The van der Waals surface area contributed by atoms with E-state index in [1.54, 1.807) is 6.07 Å². The standard InChI is InChI=1S/C19H30N2O2/c1-13(2)12-21-16-8-7-15(10-14(16)6-9-18(21)23)20-17(22)11-19(3,4)5/h6,9,13,15H,7-8,10-12H2,1-5H3,(H,20,22)/t15-/m1/s1. The lowest BCUT2D eigenvalue weighted by Gasteiger charge is -2.29. The normalized spacial score (nSPS) is 17.9. The molecule has 0 saturated carbocycles. The van der Waals surface area contributed by atoms with Crippen molar-refractivity contribution in [2.75, 3.05) is 0 Å². The van der Waals surface area contributed by atoms with Crippen LogP contribution in [0.4, 0.5) is 0 Å². The van der Waals surface area contributed by atoms with E-state index in [1.807, 2.05) is 10.6 Å². The third-order valence-corrected chi connectivity index (χ3v) is 4.19. The minimum absolute atomic E-state index is 0.00834. The maximum absolute atomic E-state index is 12.1. The molecule has 23 heavy (non-hydrogen) atoms. The molecule has 1 aliphatic carbocycles. The van der Waals surface area contributed by atoms with Crippen LogP contribution >= 0.6 is 0 Å². The van der Waals surface area contributed by atoms with Crippen LogP contribution in [0.25, 0.3) is 0 Å². The number of aromatic nitrogens is 1. The van der Waals surface area contributed by atoms with E-state index in [1.165, 1.54) is 5.56 Å². The lowest BCUT2D eigenvalue weighted by atomic mass is 9.89. The third kappa shape index (κ3) is 4.95. The second-order valence-corrected chi connectivity index (χ2v) is 8.39. The quantitative estimate of drug-likeness (QED) is 0.928. The predicted molar refractivity (Wildman–Crippen MR) is 93.6 cm³/mol. The smallest absolute Gasteiger partial charge is 0.250 e. The highest BCUT2D eigenvalue weighted by molar-refractivity contribution is 5.77. The zero-order valence-corrected chi connectivity index (χ0v) is 15.1. The number of pyridine rings is 1. The molecule has 0 bridgehead atoms. The Labute approximate surface area is 139 Å². The van der Waals surface area contributed by atoms with E-state index in [-0.39, 0.29) is 22.9 Å². The van der Waals surface area contributed by atoms with Crippen LogP contribution in [0.1, 0.15) is 58.7 Å². The number of carbonyl (C=O) groups is 1. The van der Waals surface area contributed by atoms with Gasteiger partial charge in [0.2, 0.25) is 5.91 Å². The molecule has 4 nitrogen and oxygen atoms in total. The van der Waals surface area contributed by atoms with Crippen LogP contribution in [0, 0.1) is 11.3 Å². The first-order valence-corrected chi connectivity index (χ1v) is 8.66. The summed E-state index contributed by atoms with van der Waals surface area (Å²) < 4.78 is 1.92. The van der Waals surface area contributed by atoms with Gasteiger partial charge >= 0.3 is 0 Å². The fraction of sp³-hybridized carbons (Fsp3) is 0.684. The Bertz CT molecular complexity index is 623. The molecule has 1 heterocycles. The molecule has 0 radical (unpaired) electrons. The van der Waals surface area contributed by atoms with Crippen molar-refractivity contribution in [3.05, 3.63) is 33.7 Å². The monoisotopic (exact) mass is 318 g/mol. The van der Waals surface area contributed by atoms with Gasteiger partial charge in [-0.1, -0.05) is 40.7 Å². The van der Waals surface area contributed by atoms with E-state index in [2.05, 4.69) is 39.9 Å². The molecule has 0 saturated heterocycles. The maximum Gasteiger partial charge on any atom is 0.250 e. The van der Waals surface area contributed by atoms with Gasteiger partial charge in [0.05, 0.1) is 0 Å². The molecule has 0 fully saturated rings. The summed E-state index contributed by atoms with van der Waals surface area (Å²) in [5.74, 6) is 0.574. The zero-order chi connectivity index (χ0) is 17.2. The molecule has 4 heteroatoms. The lowest BCUT2D eigenvalue weighted by Crippen LogP contribution is -2.41. The summed E-state index contributed by atoms with van der Waals surface area (Å²) in [6, 6.07) is 3.79. The number of rotatable bonds is 4. The second kappa shape index (κ2) is 6.90. The van der Waals surface area contributed by atoms with Gasteiger partial charge in [-0.3, -0.25) is 9.59 Å². The highest BCUT2D eigenvalue weighted by atomic mass is 16.1. The van der Waals surface area contributed by atoms with E-state index in [4.69, 9.17) is 0 Å². The highest BCUT2D eigenvalue weighted by Crippen LogP contribution is 2.22. The van der Waals surface area contributed by atoms with Gasteiger partial charge in [-0.05, 0) is 36.2 Å². The zero-order valence-electron chi connectivity index (χ0n) is 15.1. The Kier molecular flexibility index (Phi) is 5.33. The van der Waals surface area contributed by atoms with E-state index in [0.29, 0.717) is 12.3 Å². The minimum atomic E-state index is 0.00834. The molecule has 1 aromatic rings. The Morgan fingerprint density at radius 3 is 2.65 bits per heavy atom. The van der Waals surface area contributed by atoms with E-state index < -0.39 is 0 Å². The first-order chi connectivity index (χ1) is 10.7. The summed E-state index contributed by atoms with van der Waals surface area (Å²) in [6.07, 6.45) is 3.13. The molecule has 0 spiro atoms. The summed E-state index contributed by atoms with van der Waals surface area (Å²) in [5, 5.41) is 3.16. The van der Waals surface area contributed by atoms with Gasteiger partial charge in [-0.2, -0.15) is 0 Å². The van der Waals surface area contributed by atoms with Crippen molar-refractivity contribution in [3.8, 4) is 0 Å². The van der Waals surface area contributed by atoms with Crippen LogP contribution in [0.15, 0.2) is 16.9 Å². The highest BCUT2D eigenvalue weighted by Gasteiger charge is 2.24. The molecule has 1 aliphatic rings. The van der Waals surface area contributed by atoms with Gasteiger partial charge in [0.25, 0.3) is 5.56 Å². The second-order valence-electron chi connectivity index (χ2n) is 8.39. The SMILES string of the molecule is CC(C)Cn1c2c(ccc1=O)C[C@H](NC(=O)CC(C)(C)C)CC2. The molecule has 1 N–H and O–H groups in total. The van der Waals surface area contributed by atoms with E-state index in [0.717, 1.165) is 31.5 Å². The van der Waals surface area contributed by atoms with E-state index in [9.17, 15) is 9.59 Å². The van der Waals surface area contributed by atoms with Crippen LogP contribution in [-0.2, 0) is 24.2 Å². The van der Waals surface area contributed by atoms with Gasteiger partial charge in [0.15, 0.2) is 0 Å². The Balaban J connectivity index is 2.10. The summed E-state index contributed by atoms with van der Waals surface area (Å²) in [6.45, 7) is 11.3. The number of hydrogen-bond donors (Lipinski definition) is 1. The molecule has 1 atom stereocenters. The number of fused-ring (bicyclic) bond motifs is 1. The number of amides is 1. The maximum atomic E-state index is 12.1. The first-order valence-electron chi connectivity index (χ1n) is 8.66. The molecule has 1 aromatic heterocycles. The van der Waals surface area contributed by atoms with Gasteiger partial charge in [0.1, 0.15) is 0 Å². The van der Waals surface area contributed by atoms with Crippen molar-refractivity contribution in [3.63, 3.8) is 0 Å². The average Bonchev–Trinajstić information content (AvgIpc) is 2.39. The Morgan fingerprint density at radius 2 is 2.04 bits per heavy atom. The molecule has 1 amide bonds. The van der Waals surface area contributed by atoms with E-state index >= 15 is 0 Å². The number of nitrogens with zero attached hydrogens (tertiary/aromatic N) is 1. The molecular formula is C19H30N2O2. The minimum Gasteiger partial charge on any atom is -0.353 e. The predicted octanol–water partition coefficient (Wildman–Crippen LogP) is 2.91. The molecule has 2 rings (SSSR count). The molecule has 128 valence electrons. The Morgan fingerprint density at radius 1 is 1.35 bits per heavy atom. The molecule has 0 unspecified atom stereocenters. The van der Waals surface area contributed by atoms with Gasteiger partial charge in [-0.25, -0.2) is 0 Å². The average molecular weight is 318 g/mol. The van der Waals surface area contributed by atoms with Crippen molar-refractivity contribution in [1.29, 1.82) is 0 Å². The Hall–Kier alpha value is -1.58. The van der Waals surface area contributed by atoms with Crippen molar-refractivity contribution in [1.82, 2.24) is 9.88 Å². The number of carbonyl (C=O) groups excluding carboxylic acids is 1. The lowest BCUT2D eigenvalue weighted by molar-refractivity contribution is -0.123. The third-order valence-electron chi connectivity index (χ3n) is 4.19. The van der Waals surface area contributed by atoms with Crippen molar-refractivity contribution in [2.45, 2.75) is 72.9 Å². The van der Waals surface area contributed by atoms with Crippen LogP contribution in [0.5, 0.6) is 0 Å².